The minimum absolute atomic E-state index is 0.185. The molecule has 0 aliphatic heterocycles. The molecule has 4 heteroatoms. The first-order chi connectivity index (χ1) is 9.85. The maximum Gasteiger partial charge on any atom is 0.330 e. The number of carbonyl (C=O) groups excluding carboxylic acids is 1. The Kier molecular flexibility index (Phi) is 6.75. The molecule has 0 spiro atoms. The SMILES string of the molecule is CCNC(CCSC(C)(C)C)(C(=O)OC)c1ccccc1. The predicted molar refractivity (Wildman–Crippen MR) is 90.6 cm³/mol. The van der Waals surface area contributed by atoms with Gasteiger partial charge in [0.25, 0.3) is 0 Å². The van der Waals surface area contributed by atoms with Crippen LogP contribution in [0.15, 0.2) is 30.3 Å². The summed E-state index contributed by atoms with van der Waals surface area (Å²) >= 11 is 1.86. The van der Waals surface area contributed by atoms with E-state index in [1.54, 1.807) is 0 Å². The monoisotopic (exact) mass is 309 g/mol. The summed E-state index contributed by atoms with van der Waals surface area (Å²) in [6.07, 6.45) is 0.708. The van der Waals surface area contributed by atoms with E-state index in [1.807, 2.05) is 49.0 Å². The number of hydrogen-bond acceptors (Lipinski definition) is 4. The number of ether oxygens (including phenoxy) is 1. The number of rotatable bonds is 7. The van der Waals surface area contributed by atoms with Crippen molar-refractivity contribution in [1.29, 1.82) is 0 Å². The fourth-order valence-electron chi connectivity index (χ4n) is 2.34. The van der Waals surface area contributed by atoms with Gasteiger partial charge in [-0.15, -0.1) is 0 Å². The Morgan fingerprint density at radius 1 is 1.24 bits per heavy atom. The number of methoxy groups -OCH3 is 1. The van der Waals surface area contributed by atoms with Gasteiger partial charge in [0.2, 0.25) is 0 Å². The summed E-state index contributed by atoms with van der Waals surface area (Å²) < 4.78 is 5.28. The molecule has 118 valence electrons. The van der Waals surface area contributed by atoms with E-state index in [2.05, 4.69) is 26.1 Å². The highest BCUT2D eigenvalue weighted by Crippen LogP contribution is 2.32. The average Bonchev–Trinajstić information content (AvgIpc) is 2.45. The number of carbonyl (C=O) groups is 1. The van der Waals surface area contributed by atoms with Crippen molar-refractivity contribution in [3.05, 3.63) is 35.9 Å². The molecule has 0 amide bonds. The third-order valence-electron chi connectivity index (χ3n) is 3.29. The zero-order chi connectivity index (χ0) is 15.9. The maximum absolute atomic E-state index is 12.5. The van der Waals surface area contributed by atoms with Gasteiger partial charge < -0.3 is 4.74 Å². The summed E-state index contributed by atoms with van der Waals surface area (Å²) in [5.74, 6) is 0.672. The lowest BCUT2D eigenvalue weighted by molar-refractivity contribution is -0.149. The highest BCUT2D eigenvalue weighted by Gasteiger charge is 2.40. The molecule has 0 heterocycles. The van der Waals surface area contributed by atoms with Crippen molar-refractivity contribution >= 4 is 17.7 Å². The molecule has 1 unspecified atom stereocenters. The van der Waals surface area contributed by atoms with Crippen molar-refractivity contribution < 1.29 is 9.53 Å². The minimum Gasteiger partial charge on any atom is -0.467 e. The third kappa shape index (κ3) is 5.04. The molecule has 1 atom stereocenters. The van der Waals surface area contributed by atoms with Crippen LogP contribution in [0, 0.1) is 0 Å². The molecule has 0 aliphatic rings. The summed E-state index contributed by atoms with van der Waals surface area (Å²) in [5, 5.41) is 3.36. The van der Waals surface area contributed by atoms with Crippen LogP contribution in [0.4, 0.5) is 0 Å². The lowest BCUT2D eigenvalue weighted by Crippen LogP contribution is -2.50. The van der Waals surface area contributed by atoms with Crippen LogP contribution in [-0.4, -0.2) is 30.1 Å². The topological polar surface area (TPSA) is 38.3 Å². The van der Waals surface area contributed by atoms with Crippen molar-refractivity contribution in [1.82, 2.24) is 5.32 Å². The number of hydrogen-bond donors (Lipinski definition) is 1. The maximum atomic E-state index is 12.5. The van der Waals surface area contributed by atoms with Crippen LogP contribution in [0.2, 0.25) is 0 Å². The van der Waals surface area contributed by atoms with Crippen LogP contribution in [0.5, 0.6) is 0 Å². The fourth-order valence-corrected chi connectivity index (χ4v) is 3.36. The second kappa shape index (κ2) is 7.85. The van der Waals surface area contributed by atoms with Crippen LogP contribution < -0.4 is 5.32 Å². The van der Waals surface area contributed by atoms with E-state index < -0.39 is 5.54 Å². The number of likely N-dealkylation sites (N-methyl/N-ethyl adjacent to an activating group) is 1. The van der Waals surface area contributed by atoms with Crippen LogP contribution in [0.3, 0.4) is 0 Å². The standard InChI is InChI=1S/C17H27NO2S/c1-6-18-17(15(19)20-5,12-13-21-16(2,3)4)14-10-8-7-9-11-14/h7-11,18H,6,12-13H2,1-5H3. The van der Waals surface area contributed by atoms with E-state index in [0.717, 1.165) is 11.3 Å². The lowest BCUT2D eigenvalue weighted by atomic mass is 9.87. The highest BCUT2D eigenvalue weighted by molar-refractivity contribution is 8.00. The Morgan fingerprint density at radius 3 is 2.33 bits per heavy atom. The lowest BCUT2D eigenvalue weighted by Gasteiger charge is -2.33. The van der Waals surface area contributed by atoms with Gasteiger partial charge in [0, 0.05) is 4.75 Å². The van der Waals surface area contributed by atoms with Crippen molar-refractivity contribution in [3.8, 4) is 0 Å². The van der Waals surface area contributed by atoms with Crippen LogP contribution in [0.1, 0.15) is 39.7 Å². The van der Waals surface area contributed by atoms with E-state index in [1.165, 1.54) is 7.11 Å². The molecular weight excluding hydrogens is 282 g/mol. The average molecular weight is 309 g/mol. The Bertz CT molecular complexity index is 442. The highest BCUT2D eigenvalue weighted by atomic mass is 32.2. The molecule has 0 bridgehead atoms. The summed E-state index contributed by atoms with van der Waals surface area (Å²) in [7, 11) is 1.45. The molecule has 0 aromatic heterocycles. The van der Waals surface area contributed by atoms with Gasteiger partial charge in [-0.25, -0.2) is 4.79 Å². The molecule has 3 nitrogen and oxygen atoms in total. The summed E-state index contributed by atoms with van der Waals surface area (Å²) in [4.78, 5) is 12.5. The quantitative estimate of drug-likeness (QED) is 0.781. The molecule has 0 fully saturated rings. The van der Waals surface area contributed by atoms with Crippen molar-refractivity contribution in [2.75, 3.05) is 19.4 Å². The van der Waals surface area contributed by atoms with Gasteiger partial charge >= 0.3 is 5.97 Å². The predicted octanol–water partition coefficient (Wildman–Crippen LogP) is 3.59. The Labute approximate surface area is 132 Å². The zero-order valence-electron chi connectivity index (χ0n) is 13.7. The Morgan fingerprint density at radius 2 is 1.86 bits per heavy atom. The molecule has 0 radical (unpaired) electrons. The van der Waals surface area contributed by atoms with Gasteiger partial charge in [-0.1, -0.05) is 58.0 Å². The summed E-state index contributed by atoms with van der Waals surface area (Å²) in [6.45, 7) is 9.29. The molecule has 1 aromatic carbocycles. The van der Waals surface area contributed by atoms with E-state index in [4.69, 9.17) is 4.74 Å². The van der Waals surface area contributed by atoms with Gasteiger partial charge in [0.1, 0.15) is 5.54 Å². The summed E-state index contributed by atoms with van der Waals surface area (Å²) in [5.41, 5.74) is 0.205. The first-order valence-corrected chi connectivity index (χ1v) is 8.37. The Balaban J connectivity index is 3.05. The molecule has 1 N–H and O–H groups in total. The van der Waals surface area contributed by atoms with Crippen molar-refractivity contribution in [3.63, 3.8) is 0 Å². The van der Waals surface area contributed by atoms with E-state index in [-0.39, 0.29) is 10.7 Å². The van der Waals surface area contributed by atoms with Gasteiger partial charge in [-0.05, 0) is 24.3 Å². The second-order valence-corrected chi connectivity index (χ2v) is 7.93. The fraction of sp³-hybridized carbons (Fsp3) is 0.588. The summed E-state index contributed by atoms with van der Waals surface area (Å²) in [6, 6.07) is 9.85. The van der Waals surface area contributed by atoms with Gasteiger partial charge in [0.05, 0.1) is 7.11 Å². The first-order valence-electron chi connectivity index (χ1n) is 7.38. The number of benzene rings is 1. The van der Waals surface area contributed by atoms with Crippen molar-refractivity contribution in [2.24, 2.45) is 0 Å². The van der Waals surface area contributed by atoms with Crippen LogP contribution in [-0.2, 0) is 15.1 Å². The minimum atomic E-state index is -0.761. The smallest absolute Gasteiger partial charge is 0.330 e. The Hall–Kier alpha value is -1.00. The number of nitrogens with one attached hydrogen (secondary N) is 1. The molecule has 1 aromatic rings. The van der Waals surface area contributed by atoms with Crippen LogP contribution in [0.25, 0.3) is 0 Å². The third-order valence-corrected chi connectivity index (χ3v) is 4.57. The molecular formula is C17H27NO2S. The molecule has 1 rings (SSSR count). The molecule has 21 heavy (non-hydrogen) atoms. The van der Waals surface area contributed by atoms with E-state index >= 15 is 0 Å². The normalized spacial score (nSPS) is 14.5. The van der Waals surface area contributed by atoms with Gasteiger partial charge in [0.15, 0.2) is 0 Å². The first kappa shape index (κ1) is 18.1. The van der Waals surface area contributed by atoms with Gasteiger partial charge in [-0.2, -0.15) is 11.8 Å². The zero-order valence-corrected chi connectivity index (χ0v) is 14.5. The van der Waals surface area contributed by atoms with E-state index in [9.17, 15) is 4.79 Å². The second-order valence-electron chi connectivity index (χ2n) is 6.00. The molecule has 0 saturated carbocycles. The number of thioether (sulfide) groups is 1. The number of esters is 1. The van der Waals surface area contributed by atoms with Gasteiger partial charge in [-0.3, -0.25) is 5.32 Å². The largest absolute Gasteiger partial charge is 0.467 e. The molecule has 0 aliphatic carbocycles. The van der Waals surface area contributed by atoms with Crippen molar-refractivity contribution in [2.45, 2.75) is 44.4 Å². The van der Waals surface area contributed by atoms with Crippen LogP contribution >= 0.6 is 11.8 Å². The van der Waals surface area contributed by atoms with E-state index in [0.29, 0.717) is 13.0 Å². The molecule has 0 saturated heterocycles.